The molecule has 22 heavy (non-hydrogen) atoms. The van der Waals surface area contributed by atoms with Gasteiger partial charge in [0, 0.05) is 32.2 Å². The van der Waals surface area contributed by atoms with E-state index in [0.717, 1.165) is 37.1 Å². The lowest BCUT2D eigenvalue weighted by Crippen LogP contribution is -2.54. The highest BCUT2D eigenvalue weighted by atomic mass is 16.5. The SMILES string of the molecule is COc1ccc(OCCCN2CCN3CCCC[C@@H]3C2)cc1. The summed E-state index contributed by atoms with van der Waals surface area (Å²) in [5, 5.41) is 0. The number of benzene rings is 1. The van der Waals surface area contributed by atoms with E-state index in [9.17, 15) is 0 Å². The second kappa shape index (κ2) is 7.84. The first kappa shape index (κ1) is 15.6. The first-order chi connectivity index (χ1) is 10.8. The Labute approximate surface area is 134 Å². The molecule has 0 aliphatic carbocycles. The highest BCUT2D eigenvalue weighted by molar-refractivity contribution is 5.31. The van der Waals surface area contributed by atoms with Gasteiger partial charge in [0.2, 0.25) is 0 Å². The van der Waals surface area contributed by atoms with Gasteiger partial charge in [0.15, 0.2) is 0 Å². The third kappa shape index (κ3) is 4.14. The Bertz CT molecular complexity index is 449. The number of methoxy groups -OCH3 is 1. The Morgan fingerprint density at radius 1 is 1.05 bits per heavy atom. The smallest absolute Gasteiger partial charge is 0.119 e. The van der Waals surface area contributed by atoms with Crippen LogP contribution in [0.15, 0.2) is 24.3 Å². The molecule has 0 radical (unpaired) electrons. The maximum absolute atomic E-state index is 5.81. The Morgan fingerprint density at radius 3 is 2.68 bits per heavy atom. The largest absolute Gasteiger partial charge is 0.497 e. The first-order valence-corrected chi connectivity index (χ1v) is 8.58. The summed E-state index contributed by atoms with van der Waals surface area (Å²) in [5.74, 6) is 1.80. The summed E-state index contributed by atoms with van der Waals surface area (Å²) in [6.07, 6.45) is 5.29. The predicted molar refractivity (Wildman–Crippen MR) is 88.8 cm³/mol. The van der Waals surface area contributed by atoms with E-state index in [4.69, 9.17) is 9.47 Å². The third-order valence-corrected chi connectivity index (χ3v) is 4.87. The lowest BCUT2D eigenvalue weighted by atomic mass is 9.99. The summed E-state index contributed by atoms with van der Waals surface area (Å²) < 4.78 is 11.0. The van der Waals surface area contributed by atoms with Gasteiger partial charge in [-0.3, -0.25) is 4.90 Å². The van der Waals surface area contributed by atoms with Gasteiger partial charge in [0.1, 0.15) is 11.5 Å². The Balaban J connectivity index is 1.34. The second-order valence-corrected chi connectivity index (χ2v) is 6.36. The van der Waals surface area contributed by atoms with Crippen LogP contribution in [0.25, 0.3) is 0 Å². The minimum atomic E-state index is 0.789. The van der Waals surface area contributed by atoms with Gasteiger partial charge >= 0.3 is 0 Å². The van der Waals surface area contributed by atoms with Crippen molar-refractivity contribution in [3.63, 3.8) is 0 Å². The van der Waals surface area contributed by atoms with Gasteiger partial charge < -0.3 is 14.4 Å². The molecular formula is C18H28N2O2. The van der Waals surface area contributed by atoms with E-state index in [1.54, 1.807) is 7.11 Å². The third-order valence-electron chi connectivity index (χ3n) is 4.87. The van der Waals surface area contributed by atoms with Crippen molar-refractivity contribution >= 4 is 0 Å². The van der Waals surface area contributed by atoms with E-state index >= 15 is 0 Å². The minimum absolute atomic E-state index is 0.789. The average Bonchev–Trinajstić information content (AvgIpc) is 2.59. The number of hydrogen-bond acceptors (Lipinski definition) is 4. The van der Waals surface area contributed by atoms with Gasteiger partial charge in [-0.05, 0) is 50.1 Å². The van der Waals surface area contributed by atoms with Crippen molar-refractivity contribution in [2.45, 2.75) is 31.7 Å². The molecule has 1 aromatic rings. The van der Waals surface area contributed by atoms with Gasteiger partial charge in [-0.2, -0.15) is 0 Å². The molecule has 1 atom stereocenters. The number of nitrogens with zero attached hydrogens (tertiary/aromatic N) is 2. The van der Waals surface area contributed by atoms with E-state index in [-0.39, 0.29) is 0 Å². The number of ether oxygens (including phenoxy) is 2. The molecule has 0 aromatic heterocycles. The molecule has 0 saturated carbocycles. The summed E-state index contributed by atoms with van der Waals surface area (Å²) in [4.78, 5) is 5.30. The van der Waals surface area contributed by atoms with E-state index in [1.807, 2.05) is 24.3 Å². The van der Waals surface area contributed by atoms with Crippen LogP contribution in [0, 0.1) is 0 Å². The fourth-order valence-electron chi connectivity index (χ4n) is 3.57. The molecule has 0 unspecified atom stereocenters. The van der Waals surface area contributed by atoms with Gasteiger partial charge in [-0.25, -0.2) is 0 Å². The number of rotatable bonds is 6. The van der Waals surface area contributed by atoms with E-state index < -0.39 is 0 Å². The summed E-state index contributed by atoms with van der Waals surface area (Å²) in [7, 11) is 1.68. The monoisotopic (exact) mass is 304 g/mol. The van der Waals surface area contributed by atoms with Crippen molar-refractivity contribution in [3.8, 4) is 11.5 Å². The van der Waals surface area contributed by atoms with Crippen molar-refractivity contribution in [1.82, 2.24) is 9.80 Å². The Kier molecular flexibility index (Phi) is 5.57. The molecule has 3 rings (SSSR count). The maximum atomic E-state index is 5.81. The Hall–Kier alpha value is -1.26. The Morgan fingerprint density at radius 2 is 1.86 bits per heavy atom. The maximum Gasteiger partial charge on any atom is 0.119 e. The van der Waals surface area contributed by atoms with Crippen LogP contribution in [0.4, 0.5) is 0 Å². The van der Waals surface area contributed by atoms with E-state index in [0.29, 0.717) is 0 Å². The first-order valence-electron chi connectivity index (χ1n) is 8.58. The molecule has 2 heterocycles. The molecule has 0 bridgehead atoms. The highest BCUT2D eigenvalue weighted by Gasteiger charge is 2.28. The van der Waals surface area contributed by atoms with Gasteiger partial charge in [-0.1, -0.05) is 6.42 Å². The molecule has 0 amide bonds. The van der Waals surface area contributed by atoms with Crippen molar-refractivity contribution < 1.29 is 9.47 Å². The van der Waals surface area contributed by atoms with Gasteiger partial charge in [0.05, 0.1) is 13.7 Å². The zero-order valence-electron chi connectivity index (χ0n) is 13.7. The van der Waals surface area contributed by atoms with Crippen LogP contribution >= 0.6 is 0 Å². The van der Waals surface area contributed by atoms with Crippen LogP contribution in [-0.2, 0) is 0 Å². The van der Waals surface area contributed by atoms with Crippen LogP contribution < -0.4 is 9.47 Å². The summed E-state index contributed by atoms with van der Waals surface area (Å²) in [5.41, 5.74) is 0. The zero-order chi connectivity index (χ0) is 15.2. The summed E-state index contributed by atoms with van der Waals surface area (Å²) >= 11 is 0. The lowest BCUT2D eigenvalue weighted by molar-refractivity contribution is 0.0471. The molecular weight excluding hydrogens is 276 g/mol. The highest BCUT2D eigenvalue weighted by Crippen LogP contribution is 2.21. The number of fused-ring (bicyclic) bond motifs is 1. The topological polar surface area (TPSA) is 24.9 Å². The molecule has 4 heteroatoms. The standard InChI is InChI=1S/C18H28N2O2/c1-21-17-6-8-18(9-7-17)22-14-4-10-19-12-13-20-11-3-2-5-16(20)15-19/h6-9,16H,2-5,10-15H2,1H3/t16-/m1/s1. The van der Waals surface area contributed by atoms with Crippen molar-refractivity contribution in [1.29, 1.82) is 0 Å². The van der Waals surface area contributed by atoms with Crippen LogP contribution in [0.5, 0.6) is 11.5 Å². The number of piperidine rings is 1. The molecule has 2 aliphatic rings. The molecule has 122 valence electrons. The molecule has 0 spiro atoms. The summed E-state index contributed by atoms with van der Waals surface area (Å²) in [6.45, 7) is 6.99. The predicted octanol–water partition coefficient (Wildman–Crippen LogP) is 2.63. The number of hydrogen-bond donors (Lipinski definition) is 0. The number of piperazine rings is 1. The molecule has 1 aromatic carbocycles. The van der Waals surface area contributed by atoms with Gasteiger partial charge in [-0.15, -0.1) is 0 Å². The van der Waals surface area contributed by atoms with Crippen molar-refractivity contribution in [2.24, 2.45) is 0 Å². The molecule has 2 fully saturated rings. The van der Waals surface area contributed by atoms with Gasteiger partial charge in [0.25, 0.3) is 0 Å². The molecule has 2 aliphatic heterocycles. The second-order valence-electron chi connectivity index (χ2n) is 6.36. The van der Waals surface area contributed by atoms with Crippen molar-refractivity contribution in [2.75, 3.05) is 46.4 Å². The van der Waals surface area contributed by atoms with Crippen LogP contribution in [0.3, 0.4) is 0 Å². The van der Waals surface area contributed by atoms with Crippen LogP contribution in [-0.4, -0.2) is 62.3 Å². The summed E-state index contributed by atoms with van der Waals surface area (Å²) in [6, 6.07) is 8.64. The molecule has 0 N–H and O–H groups in total. The zero-order valence-corrected chi connectivity index (χ0v) is 13.7. The fraction of sp³-hybridized carbons (Fsp3) is 0.667. The normalized spacial score (nSPS) is 23.0. The average molecular weight is 304 g/mol. The fourth-order valence-corrected chi connectivity index (χ4v) is 3.57. The quantitative estimate of drug-likeness (QED) is 0.754. The molecule has 2 saturated heterocycles. The lowest BCUT2D eigenvalue weighted by Gasteiger charge is -2.44. The van der Waals surface area contributed by atoms with E-state index in [1.165, 1.54) is 45.4 Å². The van der Waals surface area contributed by atoms with Crippen LogP contribution in [0.1, 0.15) is 25.7 Å². The molecule has 4 nitrogen and oxygen atoms in total. The van der Waals surface area contributed by atoms with E-state index in [2.05, 4.69) is 9.80 Å². The van der Waals surface area contributed by atoms with Crippen molar-refractivity contribution in [3.05, 3.63) is 24.3 Å². The minimum Gasteiger partial charge on any atom is -0.497 e. The van der Waals surface area contributed by atoms with Crippen LogP contribution in [0.2, 0.25) is 0 Å².